The Kier molecular flexibility index (Phi) is 12.6. The smallest absolute Gasteiger partial charge is 0.404 e. The van der Waals surface area contributed by atoms with E-state index in [0.29, 0.717) is 0 Å². The highest BCUT2D eigenvalue weighted by Gasteiger charge is 2.44. The van der Waals surface area contributed by atoms with Gasteiger partial charge in [0.2, 0.25) is 17.7 Å². The Morgan fingerprint density at radius 1 is 1.09 bits per heavy atom. The SMILES string of the molecule is Cc1ncsc1-c1ccc(C(C)NC(=O)[C@@H]2C[C@@H](O)CN2C(=O)C(NC(=O)COCCOCCOC(N)=O)C(C)(C)C)cc1. The van der Waals surface area contributed by atoms with Gasteiger partial charge in [-0.3, -0.25) is 14.4 Å². The third-order valence-corrected chi connectivity index (χ3v) is 8.11. The van der Waals surface area contributed by atoms with Crippen LogP contribution in [0.3, 0.4) is 0 Å². The minimum atomic E-state index is -0.971. The lowest BCUT2D eigenvalue weighted by Gasteiger charge is -2.35. The monoisotopic (exact) mass is 633 g/mol. The molecule has 0 bridgehead atoms. The number of aryl methyl sites for hydroxylation is 1. The fraction of sp³-hybridized carbons (Fsp3) is 0.567. The van der Waals surface area contributed by atoms with Crippen LogP contribution in [0.15, 0.2) is 29.8 Å². The summed E-state index contributed by atoms with van der Waals surface area (Å²) in [5, 5.41) is 16.2. The van der Waals surface area contributed by atoms with Crippen molar-refractivity contribution in [1.29, 1.82) is 0 Å². The van der Waals surface area contributed by atoms with Crippen molar-refractivity contribution in [1.82, 2.24) is 20.5 Å². The van der Waals surface area contributed by atoms with E-state index in [1.54, 1.807) is 37.6 Å². The molecule has 0 saturated carbocycles. The molecular weight excluding hydrogens is 590 g/mol. The maximum Gasteiger partial charge on any atom is 0.404 e. The quantitative estimate of drug-likeness (QED) is 0.226. The summed E-state index contributed by atoms with van der Waals surface area (Å²) in [5.74, 6) is -1.35. The number of thiazole rings is 1. The molecule has 2 unspecified atom stereocenters. The van der Waals surface area contributed by atoms with Crippen molar-refractivity contribution in [2.45, 2.75) is 65.3 Å². The number of aliphatic hydroxyl groups excluding tert-OH is 1. The number of amides is 4. The molecule has 3 rings (SSSR count). The molecular formula is C30H43N5O8S. The van der Waals surface area contributed by atoms with Crippen molar-refractivity contribution < 1.29 is 38.5 Å². The van der Waals surface area contributed by atoms with Gasteiger partial charge in [0.25, 0.3) is 0 Å². The van der Waals surface area contributed by atoms with E-state index in [2.05, 4.69) is 20.4 Å². The number of primary amides is 1. The van der Waals surface area contributed by atoms with Gasteiger partial charge in [-0.1, -0.05) is 45.0 Å². The van der Waals surface area contributed by atoms with Crippen LogP contribution in [-0.2, 0) is 28.6 Å². The van der Waals surface area contributed by atoms with Crippen LogP contribution in [0, 0.1) is 12.3 Å². The lowest BCUT2D eigenvalue weighted by atomic mass is 9.85. The largest absolute Gasteiger partial charge is 0.447 e. The van der Waals surface area contributed by atoms with Gasteiger partial charge in [0.1, 0.15) is 25.3 Å². The summed E-state index contributed by atoms with van der Waals surface area (Å²) >= 11 is 1.57. The summed E-state index contributed by atoms with van der Waals surface area (Å²) < 4.78 is 15.1. The minimum Gasteiger partial charge on any atom is -0.447 e. The number of β-amino-alcohol motifs (C(OH)–C–C–N with tert-alkyl or cyclic N) is 1. The molecule has 1 aromatic carbocycles. The van der Waals surface area contributed by atoms with E-state index in [1.807, 2.05) is 38.1 Å². The van der Waals surface area contributed by atoms with Crippen LogP contribution >= 0.6 is 11.3 Å². The number of nitrogens with one attached hydrogen (secondary N) is 2. The number of rotatable bonds is 14. The molecule has 1 fully saturated rings. The van der Waals surface area contributed by atoms with Crippen LogP contribution < -0.4 is 16.4 Å². The molecule has 1 aromatic heterocycles. The van der Waals surface area contributed by atoms with Crippen molar-refractivity contribution in [3.8, 4) is 10.4 Å². The number of aliphatic hydroxyl groups is 1. The van der Waals surface area contributed by atoms with Gasteiger partial charge >= 0.3 is 6.09 Å². The van der Waals surface area contributed by atoms with E-state index in [4.69, 9.17) is 15.2 Å². The number of carbonyl (C=O) groups excluding carboxylic acids is 4. The molecule has 242 valence electrons. The zero-order chi connectivity index (χ0) is 32.4. The number of ether oxygens (including phenoxy) is 3. The number of likely N-dealkylation sites (tertiary alicyclic amines) is 1. The third-order valence-electron chi connectivity index (χ3n) is 7.14. The van der Waals surface area contributed by atoms with E-state index in [9.17, 15) is 24.3 Å². The second kappa shape index (κ2) is 15.9. The van der Waals surface area contributed by atoms with Gasteiger partial charge in [0.05, 0.1) is 48.0 Å². The van der Waals surface area contributed by atoms with Gasteiger partial charge in [0.15, 0.2) is 0 Å². The van der Waals surface area contributed by atoms with Gasteiger partial charge in [0, 0.05) is 13.0 Å². The molecule has 0 radical (unpaired) electrons. The van der Waals surface area contributed by atoms with Crippen molar-refractivity contribution in [3.63, 3.8) is 0 Å². The van der Waals surface area contributed by atoms with Crippen molar-refractivity contribution in [2.24, 2.45) is 11.1 Å². The highest BCUT2D eigenvalue weighted by Crippen LogP contribution is 2.29. The molecule has 0 spiro atoms. The van der Waals surface area contributed by atoms with E-state index in [1.165, 1.54) is 4.90 Å². The molecule has 5 N–H and O–H groups in total. The van der Waals surface area contributed by atoms with E-state index in [-0.39, 0.29) is 57.9 Å². The van der Waals surface area contributed by atoms with Gasteiger partial charge in [-0.15, -0.1) is 11.3 Å². The summed E-state index contributed by atoms with van der Waals surface area (Å²) in [6, 6.07) is 5.66. The fourth-order valence-corrected chi connectivity index (χ4v) is 5.62. The van der Waals surface area contributed by atoms with Crippen molar-refractivity contribution in [3.05, 3.63) is 41.0 Å². The molecule has 2 aromatic rings. The second-order valence-corrected chi connectivity index (χ2v) is 12.6. The Balaban J connectivity index is 1.57. The first-order valence-corrected chi connectivity index (χ1v) is 15.3. The first-order chi connectivity index (χ1) is 20.8. The molecule has 4 atom stereocenters. The molecule has 1 aliphatic heterocycles. The molecule has 13 nitrogen and oxygen atoms in total. The van der Waals surface area contributed by atoms with Crippen LogP contribution in [0.5, 0.6) is 0 Å². The zero-order valence-electron chi connectivity index (χ0n) is 25.8. The van der Waals surface area contributed by atoms with Crippen LogP contribution in [0.4, 0.5) is 4.79 Å². The van der Waals surface area contributed by atoms with E-state index < -0.39 is 41.5 Å². The number of carbonyl (C=O) groups is 4. The van der Waals surface area contributed by atoms with E-state index >= 15 is 0 Å². The van der Waals surface area contributed by atoms with Crippen LogP contribution in [0.1, 0.15) is 51.4 Å². The average Bonchev–Trinajstić information content (AvgIpc) is 3.57. The Bertz CT molecular complexity index is 1280. The van der Waals surface area contributed by atoms with Gasteiger partial charge < -0.3 is 40.6 Å². The van der Waals surface area contributed by atoms with Gasteiger partial charge in [-0.2, -0.15) is 0 Å². The highest BCUT2D eigenvalue weighted by molar-refractivity contribution is 7.13. The first-order valence-electron chi connectivity index (χ1n) is 14.4. The summed E-state index contributed by atoms with van der Waals surface area (Å²) in [6.45, 7) is 9.30. The number of aromatic nitrogens is 1. The van der Waals surface area contributed by atoms with Crippen molar-refractivity contribution >= 4 is 35.2 Å². The number of nitrogens with zero attached hydrogens (tertiary/aromatic N) is 2. The standard InChI is InChI=1S/C30H43N5O8S/c1-18(20-6-8-21(9-7-20)25-19(2)32-17-44-25)33-27(38)23-14-22(36)15-35(23)28(39)26(30(3,4)5)34-24(37)16-42-11-10-41-12-13-43-29(31)40/h6-9,17-18,22-23,26,36H,10-16H2,1-5H3,(H2,31,40)(H,33,38)(H,34,37)/t18?,22-,23+,26?/m1/s1. The normalized spacial score (nSPS) is 18.0. The number of nitrogens with two attached hydrogens (primary N) is 1. The van der Waals surface area contributed by atoms with Crippen LogP contribution in [0.2, 0.25) is 0 Å². The van der Waals surface area contributed by atoms with Gasteiger partial charge in [-0.05, 0) is 30.4 Å². The lowest BCUT2D eigenvalue weighted by molar-refractivity contribution is -0.144. The second-order valence-electron chi connectivity index (χ2n) is 11.7. The fourth-order valence-electron chi connectivity index (χ4n) is 4.80. The Morgan fingerprint density at radius 2 is 1.75 bits per heavy atom. The molecule has 1 aliphatic rings. The molecule has 44 heavy (non-hydrogen) atoms. The third kappa shape index (κ3) is 9.97. The number of hydrogen-bond acceptors (Lipinski definition) is 10. The maximum atomic E-state index is 13.8. The summed E-state index contributed by atoms with van der Waals surface area (Å²) in [4.78, 5) is 57.1. The Labute approximate surface area is 261 Å². The Hall–Kier alpha value is -3.59. The summed E-state index contributed by atoms with van der Waals surface area (Å²) in [7, 11) is 0. The average molecular weight is 634 g/mol. The topological polar surface area (TPSA) is 182 Å². The summed E-state index contributed by atoms with van der Waals surface area (Å²) in [5.41, 5.74) is 8.87. The lowest BCUT2D eigenvalue weighted by Crippen LogP contribution is -2.58. The Morgan fingerprint density at radius 3 is 2.36 bits per heavy atom. The minimum absolute atomic E-state index is 0.00916. The van der Waals surface area contributed by atoms with Crippen LogP contribution in [0.25, 0.3) is 10.4 Å². The maximum absolute atomic E-state index is 13.8. The van der Waals surface area contributed by atoms with E-state index in [0.717, 1.165) is 21.7 Å². The summed E-state index contributed by atoms with van der Waals surface area (Å²) in [6.07, 6.45) is -1.68. The molecule has 0 aliphatic carbocycles. The first kappa shape index (κ1) is 34.9. The predicted molar refractivity (Wildman–Crippen MR) is 164 cm³/mol. The highest BCUT2D eigenvalue weighted by atomic mass is 32.1. The number of hydrogen-bond donors (Lipinski definition) is 4. The molecule has 14 heteroatoms. The zero-order valence-corrected chi connectivity index (χ0v) is 26.6. The predicted octanol–water partition coefficient (Wildman–Crippen LogP) is 1.92. The van der Waals surface area contributed by atoms with Gasteiger partial charge in [-0.25, -0.2) is 9.78 Å². The van der Waals surface area contributed by atoms with Crippen molar-refractivity contribution in [2.75, 3.05) is 39.6 Å². The molecule has 1 saturated heterocycles. The van der Waals surface area contributed by atoms with Crippen LogP contribution in [-0.4, -0.2) is 96.6 Å². The molecule has 2 heterocycles. The number of benzene rings is 1. The molecule has 4 amide bonds.